The van der Waals surface area contributed by atoms with Gasteiger partial charge in [0.15, 0.2) is 0 Å². The Balaban J connectivity index is 1.52. The van der Waals surface area contributed by atoms with Crippen LogP contribution in [0.4, 0.5) is 0 Å². The van der Waals surface area contributed by atoms with E-state index in [0.717, 1.165) is 11.3 Å². The Morgan fingerprint density at radius 3 is 2.68 bits per heavy atom. The third-order valence-electron chi connectivity index (χ3n) is 4.35. The summed E-state index contributed by atoms with van der Waals surface area (Å²) in [6.07, 6.45) is 7.08. The van der Waals surface area contributed by atoms with Gasteiger partial charge in [0.25, 0.3) is 5.91 Å². The molecule has 7 nitrogen and oxygen atoms in total. The molecule has 0 atom stereocenters. The molecule has 0 aliphatic carbocycles. The molecule has 0 saturated heterocycles. The summed E-state index contributed by atoms with van der Waals surface area (Å²) in [5.74, 6) is 0.383. The summed E-state index contributed by atoms with van der Waals surface area (Å²) in [5, 5.41) is 16.7. The average molecular weight is 371 g/mol. The van der Waals surface area contributed by atoms with Crippen LogP contribution in [0.15, 0.2) is 71.7 Å². The number of hydrogen-bond acceptors (Lipinski definition) is 4. The number of benzene rings is 1. The third-order valence-corrected chi connectivity index (χ3v) is 4.35. The van der Waals surface area contributed by atoms with Crippen LogP contribution in [0.2, 0.25) is 0 Å². The Kier molecular flexibility index (Phi) is 4.52. The molecule has 0 radical (unpaired) electrons. The Hall–Kier alpha value is -4.05. The van der Waals surface area contributed by atoms with Crippen LogP contribution in [0, 0.1) is 18.3 Å². The molecule has 4 aromatic rings. The molecule has 0 unspecified atom stereocenters. The zero-order chi connectivity index (χ0) is 19.5. The fraction of sp³-hybridized carbons (Fsp3) is 0.0952. The van der Waals surface area contributed by atoms with Crippen molar-refractivity contribution >= 4 is 5.91 Å². The number of para-hydroxylation sites is 1. The highest BCUT2D eigenvalue weighted by Gasteiger charge is 2.24. The monoisotopic (exact) mass is 371 g/mol. The van der Waals surface area contributed by atoms with E-state index in [0.29, 0.717) is 18.2 Å². The molecule has 4 rings (SSSR count). The second kappa shape index (κ2) is 7.29. The minimum Gasteiger partial charge on any atom is -0.443 e. The highest BCUT2D eigenvalue weighted by molar-refractivity contribution is 5.98. The maximum Gasteiger partial charge on any atom is 0.256 e. The van der Waals surface area contributed by atoms with Crippen LogP contribution < -0.4 is 5.32 Å². The topological polar surface area (TPSA) is 88.8 Å². The number of carbonyl (C=O) groups is 1. The van der Waals surface area contributed by atoms with Crippen LogP contribution >= 0.6 is 0 Å². The first kappa shape index (κ1) is 17.4. The van der Waals surface area contributed by atoms with Crippen LogP contribution in [0.3, 0.4) is 0 Å². The van der Waals surface area contributed by atoms with E-state index < -0.39 is 0 Å². The van der Waals surface area contributed by atoms with E-state index in [2.05, 4.69) is 16.5 Å². The summed E-state index contributed by atoms with van der Waals surface area (Å²) in [6.45, 7) is 1.97. The van der Waals surface area contributed by atoms with E-state index in [1.807, 2.05) is 48.7 Å². The minimum atomic E-state index is -0.358. The molecule has 7 heteroatoms. The first-order valence-electron chi connectivity index (χ1n) is 8.71. The molecule has 1 amide bonds. The van der Waals surface area contributed by atoms with Crippen LogP contribution in [-0.4, -0.2) is 20.3 Å². The van der Waals surface area contributed by atoms with Gasteiger partial charge in [0.1, 0.15) is 23.0 Å². The SMILES string of the molecule is Cc1oc(-n2cccc2)c(C#N)c1C(=O)NCc1cnn(-c2ccccc2)c1. The summed E-state index contributed by atoms with van der Waals surface area (Å²) in [5.41, 5.74) is 2.25. The molecular formula is C21H17N5O2. The summed E-state index contributed by atoms with van der Waals surface area (Å²) in [6, 6.07) is 15.4. The van der Waals surface area contributed by atoms with Crippen LogP contribution in [0.1, 0.15) is 27.2 Å². The number of nitrogens with zero attached hydrogens (tertiary/aromatic N) is 4. The van der Waals surface area contributed by atoms with E-state index >= 15 is 0 Å². The largest absolute Gasteiger partial charge is 0.443 e. The lowest BCUT2D eigenvalue weighted by Gasteiger charge is -2.03. The number of rotatable bonds is 5. The summed E-state index contributed by atoms with van der Waals surface area (Å²) >= 11 is 0. The van der Waals surface area contributed by atoms with Gasteiger partial charge >= 0.3 is 0 Å². The van der Waals surface area contributed by atoms with Gasteiger partial charge in [-0.3, -0.25) is 9.36 Å². The smallest absolute Gasteiger partial charge is 0.256 e. The van der Waals surface area contributed by atoms with Crippen molar-refractivity contribution in [2.45, 2.75) is 13.5 Å². The number of aromatic nitrogens is 3. The maximum absolute atomic E-state index is 12.7. The minimum absolute atomic E-state index is 0.214. The molecular weight excluding hydrogens is 354 g/mol. The van der Waals surface area contributed by atoms with Crippen molar-refractivity contribution in [3.8, 4) is 17.6 Å². The van der Waals surface area contributed by atoms with Crippen molar-refractivity contribution in [1.82, 2.24) is 19.7 Å². The molecule has 138 valence electrons. The molecule has 0 fully saturated rings. The number of nitriles is 1. The Bertz CT molecular complexity index is 1150. The van der Waals surface area contributed by atoms with Crippen LogP contribution in [0.5, 0.6) is 0 Å². The number of nitrogens with one attached hydrogen (secondary N) is 1. The second-order valence-corrected chi connectivity index (χ2v) is 6.23. The van der Waals surface area contributed by atoms with Crippen molar-refractivity contribution < 1.29 is 9.21 Å². The van der Waals surface area contributed by atoms with Crippen molar-refractivity contribution in [3.63, 3.8) is 0 Å². The van der Waals surface area contributed by atoms with Gasteiger partial charge in [-0.05, 0) is 31.2 Å². The normalized spacial score (nSPS) is 10.6. The lowest BCUT2D eigenvalue weighted by molar-refractivity contribution is 0.0949. The third kappa shape index (κ3) is 3.19. The fourth-order valence-electron chi connectivity index (χ4n) is 3.00. The van der Waals surface area contributed by atoms with Crippen LogP contribution in [0.25, 0.3) is 11.6 Å². The average Bonchev–Trinajstić information content (AvgIpc) is 3.46. The Morgan fingerprint density at radius 1 is 1.21 bits per heavy atom. The highest BCUT2D eigenvalue weighted by Crippen LogP contribution is 2.25. The molecule has 0 aliphatic rings. The van der Waals surface area contributed by atoms with Gasteiger partial charge in [-0.25, -0.2) is 4.68 Å². The highest BCUT2D eigenvalue weighted by atomic mass is 16.4. The lowest BCUT2D eigenvalue weighted by atomic mass is 10.1. The molecule has 3 aromatic heterocycles. The number of furan rings is 1. The summed E-state index contributed by atoms with van der Waals surface area (Å²) < 4.78 is 9.10. The van der Waals surface area contributed by atoms with Crippen LogP contribution in [-0.2, 0) is 6.54 Å². The summed E-state index contributed by atoms with van der Waals surface area (Å²) in [7, 11) is 0. The number of hydrogen-bond donors (Lipinski definition) is 1. The molecule has 0 aliphatic heterocycles. The van der Waals surface area contributed by atoms with E-state index in [1.165, 1.54) is 0 Å². The van der Waals surface area contributed by atoms with E-state index in [1.54, 1.807) is 34.8 Å². The van der Waals surface area contributed by atoms with Gasteiger partial charge in [0.2, 0.25) is 5.88 Å². The lowest BCUT2D eigenvalue weighted by Crippen LogP contribution is -2.23. The molecule has 1 N–H and O–H groups in total. The second-order valence-electron chi connectivity index (χ2n) is 6.23. The van der Waals surface area contributed by atoms with Crippen molar-refractivity contribution in [2.24, 2.45) is 0 Å². The maximum atomic E-state index is 12.7. The first-order valence-corrected chi connectivity index (χ1v) is 8.71. The van der Waals surface area contributed by atoms with Gasteiger partial charge in [-0.2, -0.15) is 10.4 Å². The zero-order valence-corrected chi connectivity index (χ0v) is 15.2. The number of amides is 1. The van der Waals surface area contributed by atoms with Gasteiger partial charge in [0.05, 0.1) is 11.9 Å². The zero-order valence-electron chi connectivity index (χ0n) is 15.2. The van der Waals surface area contributed by atoms with Gasteiger partial charge < -0.3 is 9.73 Å². The molecule has 1 aromatic carbocycles. The number of aryl methyl sites for hydroxylation is 1. The van der Waals surface area contributed by atoms with E-state index in [4.69, 9.17) is 4.42 Å². The predicted octanol–water partition coefficient (Wildman–Crippen LogP) is 3.37. The van der Waals surface area contributed by atoms with Gasteiger partial charge in [-0.15, -0.1) is 0 Å². The van der Waals surface area contributed by atoms with E-state index in [9.17, 15) is 10.1 Å². The molecule has 0 spiro atoms. The molecule has 3 heterocycles. The molecule has 0 bridgehead atoms. The van der Waals surface area contributed by atoms with Crippen molar-refractivity contribution in [2.75, 3.05) is 0 Å². The van der Waals surface area contributed by atoms with Gasteiger partial charge in [-0.1, -0.05) is 18.2 Å². The van der Waals surface area contributed by atoms with Crippen molar-refractivity contribution in [3.05, 3.63) is 89.7 Å². The first-order chi connectivity index (χ1) is 13.7. The standard InChI is InChI=1S/C21H17N5O2/c1-15-19(18(11-22)21(28-15)25-9-5-6-10-25)20(27)23-12-16-13-24-26(14-16)17-7-3-2-4-8-17/h2-10,13-14H,12H2,1H3,(H,23,27). The van der Waals surface area contributed by atoms with Crippen molar-refractivity contribution in [1.29, 1.82) is 5.26 Å². The van der Waals surface area contributed by atoms with Gasteiger partial charge in [0, 0.05) is 30.7 Å². The summed E-state index contributed by atoms with van der Waals surface area (Å²) in [4.78, 5) is 12.7. The fourth-order valence-corrected chi connectivity index (χ4v) is 3.00. The predicted molar refractivity (Wildman–Crippen MR) is 102 cm³/mol. The molecule has 0 saturated carbocycles. The molecule has 28 heavy (non-hydrogen) atoms. The number of carbonyl (C=O) groups excluding carboxylic acids is 1. The Morgan fingerprint density at radius 2 is 1.96 bits per heavy atom. The Labute approximate surface area is 161 Å². The van der Waals surface area contributed by atoms with E-state index in [-0.39, 0.29) is 17.0 Å². The quantitative estimate of drug-likeness (QED) is 0.582.